The molecule has 0 fully saturated rings. The number of aromatic nitrogens is 1. The molecular formula is C21H31N5O2S. The number of likely N-dealkylation sites (N-methyl/N-ethyl adjacent to an activating group) is 1. The van der Waals surface area contributed by atoms with Crippen molar-refractivity contribution < 1.29 is 9.59 Å². The molecule has 0 aliphatic rings. The van der Waals surface area contributed by atoms with Crippen LogP contribution in [-0.2, 0) is 16.1 Å². The number of nitrogen functional groups attached to an aromatic ring is 1. The van der Waals surface area contributed by atoms with Crippen LogP contribution in [0, 0.1) is 6.92 Å². The van der Waals surface area contributed by atoms with Gasteiger partial charge in [-0.3, -0.25) is 14.5 Å². The highest BCUT2D eigenvalue weighted by Gasteiger charge is 2.25. The van der Waals surface area contributed by atoms with E-state index in [0.29, 0.717) is 11.7 Å². The van der Waals surface area contributed by atoms with Gasteiger partial charge in [-0.1, -0.05) is 29.8 Å². The Balaban J connectivity index is 2.08. The van der Waals surface area contributed by atoms with E-state index in [2.05, 4.69) is 15.6 Å². The first kappa shape index (κ1) is 22.8. The predicted molar refractivity (Wildman–Crippen MR) is 118 cm³/mol. The van der Waals surface area contributed by atoms with E-state index < -0.39 is 5.92 Å². The van der Waals surface area contributed by atoms with Gasteiger partial charge < -0.3 is 16.4 Å². The fraction of sp³-hybridized carbons (Fsp3) is 0.476. The van der Waals surface area contributed by atoms with Crippen molar-refractivity contribution in [1.82, 2.24) is 20.5 Å². The van der Waals surface area contributed by atoms with Crippen molar-refractivity contribution in [2.24, 2.45) is 0 Å². The van der Waals surface area contributed by atoms with Gasteiger partial charge in [0.25, 0.3) is 0 Å². The van der Waals surface area contributed by atoms with Crippen LogP contribution >= 0.6 is 11.3 Å². The number of nitrogens with two attached hydrogens (primary N) is 1. The number of thiazole rings is 1. The van der Waals surface area contributed by atoms with Gasteiger partial charge in [0, 0.05) is 23.7 Å². The average Bonchev–Trinajstić information content (AvgIpc) is 3.10. The van der Waals surface area contributed by atoms with Gasteiger partial charge in [-0.15, -0.1) is 11.3 Å². The third kappa shape index (κ3) is 6.54. The Morgan fingerprint density at radius 1 is 1.21 bits per heavy atom. The largest absolute Gasteiger partial charge is 0.375 e. The molecule has 2 rings (SSSR count). The van der Waals surface area contributed by atoms with Crippen LogP contribution in [0.15, 0.2) is 30.5 Å². The van der Waals surface area contributed by atoms with Gasteiger partial charge in [-0.2, -0.15) is 0 Å². The molecule has 158 valence electrons. The zero-order chi connectivity index (χ0) is 21.6. The molecular weight excluding hydrogens is 386 g/mol. The third-order valence-electron chi connectivity index (χ3n) is 5.05. The summed E-state index contributed by atoms with van der Waals surface area (Å²) in [6, 6.07) is 7.76. The number of carbonyl (C=O) groups excluding carboxylic acids is 2. The van der Waals surface area contributed by atoms with E-state index in [1.54, 1.807) is 6.20 Å². The molecule has 0 bridgehead atoms. The number of anilines is 1. The molecule has 2 amide bonds. The maximum absolute atomic E-state index is 12.9. The van der Waals surface area contributed by atoms with E-state index in [-0.39, 0.29) is 30.4 Å². The Bertz CT molecular complexity index is 836. The first-order valence-corrected chi connectivity index (χ1v) is 10.5. The van der Waals surface area contributed by atoms with Crippen LogP contribution in [-0.4, -0.2) is 47.4 Å². The second kappa shape index (κ2) is 10.4. The summed E-state index contributed by atoms with van der Waals surface area (Å²) in [6.07, 6.45) is 1.66. The zero-order valence-corrected chi connectivity index (χ0v) is 18.5. The molecule has 4 N–H and O–H groups in total. The van der Waals surface area contributed by atoms with Gasteiger partial charge >= 0.3 is 0 Å². The minimum absolute atomic E-state index is 0.0955. The van der Waals surface area contributed by atoms with Crippen LogP contribution in [0.2, 0.25) is 0 Å². The number of rotatable bonds is 9. The fourth-order valence-electron chi connectivity index (χ4n) is 2.93. The standard InChI is InChI=1S/C21H31N5O2S/c1-13(2)26(5)15(4)19(27)24-12-18(16-8-6-7-14(3)9-16)20(28)23-10-17-11-25-21(22)29-17/h6-9,11,13,15,18H,10,12H2,1-5H3,(H2,22,25)(H,23,28)(H,24,27)/t15-,18-/m0/s1. The van der Waals surface area contributed by atoms with Crippen LogP contribution < -0.4 is 16.4 Å². The summed E-state index contributed by atoms with van der Waals surface area (Å²) in [7, 11) is 1.92. The molecule has 0 radical (unpaired) electrons. The third-order valence-corrected chi connectivity index (χ3v) is 5.88. The van der Waals surface area contributed by atoms with Crippen molar-refractivity contribution in [1.29, 1.82) is 0 Å². The Kier molecular flexibility index (Phi) is 8.16. The summed E-state index contributed by atoms with van der Waals surface area (Å²) in [5.74, 6) is -0.727. The summed E-state index contributed by atoms with van der Waals surface area (Å²) in [4.78, 5) is 32.4. The highest BCUT2D eigenvalue weighted by molar-refractivity contribution is 7.15. The molecule has 2 aromatic rings. The summed E-state index contributed by atoms with van der Waals surface area (Å²) in [5.41, 5.74) is 7.59. The van der Waals surface area contributed by atoms with Crippen LogP contribution in [0.25, 0.3) is 0 Å². The highest BCUT2D eigenvalue weighted by atomic mass is 32.1. The number of nitrogens with one attached hydrogen (secondary N) is 2. The van der Waals surface area contributed by atoms with Gasteiger partial charge in [0.2, 0.25) is 11.8 Å². The summed E-state index contributed by atoms with van der Waals surface area (Å²) in [5, 5.41) is 6.36. The van der Waals surface area contributed by atoms with Crippen molar-refractivity contribution in [3.63, 3.8) is 0 Å². The molecule has 29 heavy (non-hydrogen) atoms. The number of carbonyl (C=O) groups is 2. The first-order chi connectivity index (χ1) is 13.7. The van der Waals surface area contributed by atoms with Crippen molar-refractivity contribution in [3.05, 3.63) is 46.5 Å². The lowest BCUT2D eigenvalue weighted by molar-refractivity contribution is -0.126. The summed E-state index contributed by atoms with van der Waals surface area (Å²) < 4.78 is 0. The lowest BCUT2D eigenvalue weighted by Crippen LogP contribution is -2.47. The molecule has 2 atom stereocenters. The topological polar surface area (TPSA) is 100 Å². The van der Waals surface area contributed by atoms with Gasteiger partial charge in [-0.25, -0.2) is 4.98 Å². The van der Waals surface area contributed by atoms with Crippen molar-refractivity contribution in [3.8, 4) is 0 Å². The van der Waals surface area contributed by atoms with E-state index in [0.717, 1.165) is 16.0 Å². The minimum atomic E-state index is -0.485. The van der Waals surface area contributed by atoms with E-state index >= 15 is 0 Å². The monoisotopic (exact) mass is 417 g/mol. The molecule has 1 aromatic carbocycles. The lowest BCUT2D eigenvalue weighted by atomic mass is 9.96. The number of hydrogen-bond donors (Lipinski definition) is 3. The molecule has 0 saturated carbocycles. The minimum Gasteiger partial charge on any atom is -0.375 e. The second-order valence-corrected chi connectivity index (χ2v) is 8.68. The van der Waals surface area contributed by atoms with Crippen LogP contribution in [0.3, 0.4) is 0 Å². The molecule has 1 aromatic heterocycles. The normalized spacial score (nSPS) is 13.3. The van der Waals surface area contributed by atoms with Crippen LogP contribution in [0.5, 0.6) is 0 Å². The van der Waals surface area contributed by atoms with E-state index in [1.807, 2.05) is 63.9 Å². The SMILES string of the molecule is Cc1cccc([C@H](CNC(=O)[C@H](C)N(C)C(C)C)C(=O)NCc2cnc(N)s2)c1. The molecule has 0 unspecified atom stereocenters. The first-order valence-electron chi connectivity index (χ1n) is 9.73. The molecule has 8 heteroatoms. The van der Waals surface area contributed by atoms with Gasteiger partial charge in [-0.05, 0) is 40.3 Å². The van der Waals surface area contributed by atoms with Crippen molar-refractivity contribution in [2.75, 3.05) is 19.3 Å². The second-order valence-electron chi connectivity index (χ2n) is 7.53. The smallest absolute Gasteiger partial charge is 0.237 e. The molecule has 1 heterocycles. The molecule has 7 nitrogen and oxygen atoms in total. The highest BCUT2D eigenvalue weighted by Crippen LogP contribution is 2.19. The average molecular weight is 418 g/mol. The number of amides is 2. The van der Waals surface area contributed by atoms with Crippen molar-refractivity contribution >= 4 is 28.3 Å². The Morgan fingerprint density at radius 3 is 2.52 bits per heavy atom. The molecule has 0 aliphatic heterocycles. The van der Waals surface area contributed by atoms with Gasteiger partial charge in [0.15, 0.2) is 5.13 Å². The number of benzene rings is 1. The number of nitrogens with zero attached hydrogens (tertiary/aromatic N) is 2. The molecule has 0 spiro atoms. The number of aryl methyl sites for hydroxylation is 1. The number of hydrogen-bond acceptors (Lipinski definition) is 6. The summed E-state index contributed by atoms with van der Waals surface area (Å²) >= 11 is 1.34. The maximum atomic E-state index is 12.9. The quantitative estimate of drug-likeness (QED) is 0.581. The predicted octanol–water partition coefficient (Wildman–Crippen LogP) is 2.28. The molecule has 0 saturated heterocycles. The van der Waals surface area contributed by atoms with E-state index in [4.69, 9.17) is 5.73 Å². The van der Waals surface area contributed by atoms with Crippen molar-refractivity contribution in [2.45, 2.75) is 52.2 Å². The van der Waals surface area contributed by atoms with Gasteiger partial charge in [0.05, 0.1) is 18.5 Å². The van der Waals surface area contributed by atoms with E-state index in [1.165, 1.54) is 11.3 Å². The fourth-order valence-corrected chi connectivity index (χ4v) is 3.56. The Morgan fingerprint density at radius 2 is 1.93 bits per heavy atom. The Hall–Kier alpha value is -2.45. The summed E-state index contributed by atoms with van der Waals surface area (Å²) in [6.45, 7) is 8.52. The van der Waals surface area contributed by atoms with Crippen LogP contribution in [0.1, 0.15) is 42.7 Å². The van der Waals surface area contributed by atoms with Gasteiger partial charge in [0.1, 0.15) is 0 Å². The maximum Gasteiger partial charge on any atom is 0.237 e. The zero-order valence-electron chi connectivity index (χ0n) is 17.7. The molecule has 0 aliphatic carbocycles. The Labute approximate surface area is 176 Å². The lowest BCUT2D eigenvalue weighted by Gasteiger charge is -2.28. The van der Waals surface area contributed by atoms with E-state index in [9.17, 15) is 9.59 Å². The van der Waals surface area contributed by atoms with Crippen LogP contribution in [0.4, 0.5) is 5.13 Å².